The van der Waals surface area contributed by atoms with Crippen molar-refractivity contribution in [1.82, 2.24) is 5.32 Å². The van der Waals surface area contributed by atoms with Crippen LogP contribution in [0.2, 0.25) is 0 Å². The second-order valence-electron chi connectivity index (χ2n) is 12.1. The molecule has 0 radical (unpaired) electrons. The Labute approximate surface area is 214 Å². The fourth-order valence-corrected chi connectivity index (χ4v) is 9.08. The first-order chi connectivity index (χ1) is 16.9. The quantitative estimate of drug-likeness (QED) is 0.214. The van der Waals surface area contributed by atoms with Crippen LogP contribution in [-0.2, 0) is 19.1 Å². The first-order valence-corrected chi connectivity index (χ1v) is 14.8. The summed E-state index contributed by atoms with van der Waals surface area (Å²) < 4.78 is 10.6. The van der Waals surface area contributed by atoms with E-state index in [0.717, 1.165) is 37.2 Å². The average Bonchev–Trinajstić information content (AvgIpc) is 3.21. The van der Waals surface area contributed by atoms with Crippen LogP contribution >= 0.6 is 0 Å². The average molecular weight is 492 g/mol. The predicted molar refractivity (Wildman–Crippen MR) is 141 cm³/mol. The summed E-state index contributed by atoms with van der Waals surface area (Å²) in [5.74, 6) is 3.41. The minimum absolute atomic E-state index is 0.143. The minimum Gasteiger partial charge on any atom is -0.469 e. The zero-order chi connectivity index (χ0) is 25.5. The minimum atomic E-state index is -0.143. The Morgan fingerprint density at radius 1 is 0.971 bits per heavy atom. The van der Waals surface area contributed by atoms with Gasteiger partial charge >= 0.3 is 5.97 Å². The molecule has 35 heavy (non-hydrogen) atoms. The van der Waals surface area contributed by atoms with Gasteiger partial charge in [-0.1, -0.05) is 47.0 Å². The third-order valence-corrected chi connectivity index (χ3v) is 10.9. The van der Waals surface area contributed by atoms with Crippen molar-refractivity contribution >= 4 is 12.4 Å². The Bertz CT molecular complexity index is 683. The van der Waals surface area contributed by atoms with Crippen LogP contribution in [0.4, 0.5) is 0 Å². The van der Waals surface area contributed by atoms with Gasteiger partial charge in [-0.05, 0) is 98.8 Å². The van der Waals surface area contributed by atoms with Crippen LogP contribution < -0.4 is 5.32 Å². The molecule has 0 aliphatic heterocycles. The van der Waals surface area contributed by atoms with Gasteiger partial charge in [-0.3, -0.25) is 9.59 Å². The maximum Gasteiger partial charge on any atom is 0.306 e. The smallest absolute Gasteiger partial charge is 0.306 e. The maximum atomic E-state index is 11.5. The van der Waals surface area contributed by atoms with Crippen molar-refractivity contribution < 1.29 is 19.1 Å². The molecular weight excluding hydrogens is 438 g/mol. The summed E-state index contributed by atoms with van der Waals surface area (Å²) in [6, 6.07) is 0. The van der Waals surface area contributed by atoms with Crippen LogP contribution in [0.5, 0.6) is 0 Å². The number of hydrogen-bond acceptors (Lipinski definition) is 5. The highest BCUT2D eigenvalue weighted by Crippen LogP contribution is 2.68. The first-order valence-electron chi connectivity index (χ1n) is 14.8. The molecule has 0 heterocycles. The van der Waals surface area contributed by atoms with Crippen molar-refractivity contribution in [2.24, 2.45) is 40.4 Å². The summed E-state index contributed by atoms with van der Waals surface area (Å²) in [6.45, 7) is 11.6. The second kappa shape index (κ2) is 12.9. The monoisotopic (exact) mass is 491 g/mol. The molecule has 8 atom stereocenters. The van der Waals surface area contributed by atoms with Gasteiger partial charge in [0.2, 0.25) is 0 Å². The Kier molecular flexibility index (Phi) is 10.5. The van der Waals surface area contributed by atoms with E-state index in [9.17, 15) is 9.59 Å². The molecule has 1 N–H and O–H groups in total. The van der Waals surface area contributed by atoms with E-state index in [4.69, 9.17) is 9.47 Å². The van der Waals surface area contributed by atoms with E-state index in [0.29, 0.717) is 35.6 Å². The topological polar surface area (TPSA) is 64.6 Å². The highest BCUT2D eigenvalue weighted by Gasteiger charge is 2.62. The molecule has 0 bridgehead atoms. The molecule has 0 aromatic heterocycles. The molecule has 5 nitrogen and oxygen atoms in total. The van der Waals surface area contributed by atoms with Crippen molar-refractivity contribution in [2.45, 2.75) is 117 Å². The van der Waals surface area contributed by atoms with E-state index in [1.165, 1.54) is 77.7 Å². The summed E-state index contributed by atoms with van der Waals surface area (Å²) >= 11 is 0. The van der Waals surface area contributed by atoms with Crippen molar-refractivity contribution in [3.63, 3.8) is 0 Å². The third kappa shape index (κ3) is 5.91. The third-order valence-electron chi connectivity index (χ3n) is 10.9. The first kappa shape index (κ1) is 28.5. The number of nitrogens with one attached hydrogen (secondary N) is 1. The number of esters is 1. The van der Waals surface area contributed by atoms with Gasteiger partial charge in [-0.25, -0.2) is 0 Å². The zero-order valence-corrected chi connectivity index (χ0v) is 23.3. The van der Waals surface area contributed by atoms with Gasteiger partial charge in [0.25, 0.3) is 6.47 Å². The number of unbranched alkanes of at least 4 members (excludes halogenated alkanes) is 1. The lowest BCUT2D eigenvalue weighted by Gasteiger charge is -2.62. The molecule has 202 valence electrons. The number of ether oxygens (including phenoxy) is 2. The molecule has 5 heteroatoms. The molecule has 4 rings (SSSR count). The van der Waals surface area contributed by atoms with Crippen molar-refractivity contribution in [3.8, 4) is 0 Å². The van der Waals surface area contributed by atoms with Crippen LogP contribution in [-0.4, -0.2) is 38.7 Å². The molecule has 4 aliphatic rings. The lowest BCUT2D eigenvalue weighted by Crippen LogP contribution is -2.58. The Hall–Kier alpha value is -1.10. The fourth-order valence-electron chi connectivity index (χ4n) is 9.08. The summed E-state index contributed by atoms with van der Waals surface area (Å²) in [5.41, 5.74) is 0.864. The van der Waals surface area contributed by atoms with Gasteiger partial charge in [-0.2, -0.15) is 0 Å². The number of methoxy groups -OCH3 is 1. The summed E-state index contributed by atoms with van der Waals surface area (Å²) in [7, 11) is 1.44. The number of fused-ring (bicyclic) bond motifs is 5. The summed E-state index contributed by atoms with van der Waals surface area (Å²) in [4.78, 5) is 22.7. The van der Waals surface area contributed by atoms with E-state index in [-0.39, 0.29) is 12.1 Å². The van der Waals surface area contributed by atoms with Gasteiger partial charge < -0.3 is 14.8 Å². The molecule has 4 fully saturated rings. The maximum absolute atomic E-state index is 11.5. The molecule has 0 aromatic carbocycles. The summed E-state index contributed by atoms with van der Waals surface area (Å²) in [6.07, 6.45) is 16.2. The van der Waals surface area contributed by atoms with Crippen molar-refractivity contribution in [2.75, 3.05) is 20.2 Å². The van der Waals surface area contributed by atoms with Gasteiger partial charge in [0.1, 0.15) is 6.10 Å². The normalized spacial score (nSPS) is 39.8. The van der Waals surface area contributed by atoms with Gasteiger partial charge in [0.05, 0.1) is 13.5 Å². The molecule has 0 saturated heterocycles. The Morgan fingerprint density at radius 3 is 2.49 bits per heavy atom. The molecule has 8 unspecified atom stereocenters. The molecule has 0 aromatic rings. The van der Waals surface area contributed by atoms with Crippen LogP contribution in [0.25, 0.3) is 0 Å². The Morgan fingerprint density at radius 2 is 1.74 bits per heavy atom. The SMILES string of the molecule is CC.COC(=O)CCNCCCCC1CCC2C3C(OC=O)CC4CCCCC4(C)C3CCC12C. The fraction of sp³-hybridized carbons (Fsp3) is 0.933. The molecular formula is C30H53NO4. The Balaban J connectivity index is 0.00000167. The van der Waals surface area contributed by atoms with Crippen molar-refractivity contribution in [1.29, 1.82) is 0 Å². The number of rotatable bonds is 10. The molecule has 4 saturated carbocycles. The van der Waals surface area contributed by atoms with Gasteiger partial charge in [0.15, 0.2) is 0 Å². The van der Waals surface area contributed by atoms with Crippen LogP contribution in [0.1, 0.15) is 111 Å². The molecule has 4 aliphatic carbocycles. The molecule has 0 amide bonds. The van der Waals surface area contributed by atoms with Crippen LogP contribution in [0, 0.1) is 40.4 Å². The summed E-state index contributed by atoms with van der Waals surface area (Å²) in [5, 5.41) is 3.38. The van der Waals surface area contributed by atoms with E-state index in [1.807, 2.05) is 13.8 Å². The lowest BCUT2D eigenvalue weighted by atomic mass is 9.44. The number of hydrogen-bond donors (Lipinski definition) is 1. The second-order valence-corrected chi connectivity index (χ2v) is 12.1. The van der Waals surface area contributed by atoms with Crippen LogP contribution in [0.3, 0.4) is 0 Å². The molecule has 0 spiro atoms. The highest BCUT2D eigenvalue weighted by atomic mass is 16.5. The van der Waals surface area contributed by atoms with E-state index < -0.39 is 0 Å². The van der Waals surface area contributed by atoms with Crippen LogP contribution in [0.15, 0.2) is 0 Å². The predicted octanol–water partition coefficient (Wildman–Crippen LogP) is 6.54. The van der Waals surface area contributed by atoms with Crippen molar-refractivity contribution in [3.05, 3.63) is 0 Å². The number of carbonyl (C=O) groups is 2. The van der Waals surface area contributed by atoms with E-state index in [1.54, 1.807) is 0 Å². The van der Waals surface area contributed by atoms with Gasteiger partial charge in [0, 0.05) is 12.5 Å². The van der Waals surface area contributed by atoms with Gasteiger partial charge in [-0.15, -0.1) is 0 Å². The number of carbonyl (C=O) groups excluding carboxylic acids is 2. The standard InChI is InChI=1S/C28H47NO4.C2H6/c1-27-14-6-4-9-21(27)18-24(33-19-30)26-22-11-10-20(28(22,2)15-12-23(26)27)8-5-7-16-29-17-13-25(31)32-3;1-2/h19-24,26,29H,4-18H2,1-3H3;1-2H3. The van der Waals surface area contributed by atoms with E-state index >= 15 is 0 Å². The highest BCUT2D eigenvalue weighted by molar-refractivity contribution is 5.69. The zero-order valence-electron chi connectivity index (χ0n) is 23.3. The lowest BCUT2D eigenvalue weighted by molar-refractivity contribution is -0.180. The largest absolute Gasteiger partial charge is 0.469 e. The van der Waals surface area contributed by atoms with E-state index in [2.05, 4.69) is 19.2 Å².